The molecule has 1 heterocycles. The molecular formula is C13H16N2O. The van der Waals surface area contributed by atoms with Crippen molar-refractivity contribution in [3.8, 4) is 0 Å². The van der Waals surface area contributed by atoms with Crippen molar-refractivity contribution in [1.82, 2.24) is 4.98 Å². The van der Waals surface area contributed by atoms with E-state index in [0.717, 1.165) is 22.9 Å². The second kappa shape index (κ2) is 4.49. The van der Waals surface area contributed by atoms with Gasteiger partial charge < -0.3 is 10.7 Å². The summed E-state index contributed by atoms with van der Waals surface area (Å²) in [5.41, 5.74) is 7.36. The van der Waals surface area contributed by atoms with E-state index in [1.54, 1.807) is 6.20 Å². The van der Waals surface area contributed by atoms with Crippen LogP contribution in [0.3, 0.4) is 0 Å². The van der Waals surface area contributed by atoms with Gasteiger partial charge in [0, 0.05) is 35.1 Å². The Labute approximate surface area is 94.6 Å². The van der Waals surface area contributed by atoms with E-state index in [0.29, 0.717) is 6.54 Å². The first-order chi connectivity index (χ1) is 7.77. The van der Waals surface area contributed by atoms with Crippen LogP contribution in [0.1, 0.15) is 23.7 Å². The smallest absolute Gasteiger partial charge is 0.169 e. The first kappa shape index (κ1) is 10.9. The van der Waals surface area contributed by atoms with Gasteiger partial charge in [-0.25, -0.2) is 0 Å². The molecule has 16 heavy (non-hydrogen) atoms. The van der Waals surface area contributed by atoms with Crippen molar-refractivity contribution in [2.45, 2.75) is 13.3 Å². The Kier molecular flexibility index (Phi) is 3.06. The van der Waals surface area contributed by atoms with Gasteiger partial charge >= 0.3 is 0 Å². The highest BCUT2D eigenvalue weighted by Gasteiger charge is 2.19. The maximum absolute atomic E-state index is 12.2. The number of hydrogen-bond acceptors (Lipinski definition) is 2. The van der Waals surface area contributed by atoms with Crippen LogP contribution in [0.25, 0.3) is 10.9 Å². The minimum absolute atomic E-state index is 0.0702. The lowest BCUT2D eigenvalue weighted by molar-refractivity contribution is 0.0923. The molecule has 0 aliphatic rings. The van der Waals surface area contributed by atoms with Gasteiger partial charge in [0.2, 0.25) is 0 Å². The Hall–Kier alpha value is -1.61. The molecule has 3 N–H and O–H groups in total. The number of rotatable bonds is 4. The number of H-pyrrole nitrogens is 1. The van der Waals surface area contributed by atoms with Crippen molar-refractivity contribution in [2.75, 3.05) is 6.54 Å². The summed E-state index contributed by atoms with van der Waals surface area (Å²) in [6.07, 6.45) is 2.57. The molecule has 2 aromatic rings. The molecule has 0 saturated heterocycles. The Morgan fingerprint density at radius 3 is 2.88 bits per heavy atom. The highest BCUT2D eigenvalue weighted by atomic mass is 16.1. The number of benzene rings is 1. The SMILES string of the molecule is CCC(CN)C(=O)c1c[nH]c2ccccc12. The second-order valence-electron chi connectivity index (χ2n) is 3.95. The standard InChI is InChI=1S/C13H16N2O/c1-2-9(7-14)13(16)11-8-15-12-6-4-3-5-10(11)12/h3-6,8-9,15H,2,7,14H2,1H3. The number of para-hydroxylation sites is 1. The lowest BCUT2D eigenvalue weighted by Gasteiger charge is -2.09. The number of aromatic nitrogens is 1. The molecule has 0 spiro atoms. The van der Waals surface area contributed by atoms with Crippen LogP contribution in [0.15, 0.2) is 30.5 Å². The largest absolute Gasteiger partial charge is 0.360 e. The Bertz CT molecular complexity index is 497. The minimum atomic E-state index is -0.0702. The molecule has 0 aliphatic carbocycles. The van der Waals surface area contributed by atoms with E-state index in [2.05, 4.69) is 4.98 Å². The predicted octanol–water partition coefficient (Wildman–Crippen LogP) is 2.34. The van der Waals surface area contributed by atoms with Crippen molar-refractivity contribution in [3.63, 3.8) is 0 Å². The number of aromatic amines is 1. The molecule has 3 heteroatoms. The Morgan fingerprint density at radius 2 is 2.19 bits per heavy atom. The average Bonchev–Trinajstić information content (AvgIpc) is 2.74. The summed E-state index contributed by atoms with van der Waals surface area (Å²) in [5, 5.41) is 0.986. The van der Waals surface area contributed by atoms with Gasteiger partial charge in [-0.1, -0.05) is 25.1 Å². The second-order valence-corrected chi connectivity index (χ2v) is 3.95. The van der Waals surface area contributed by atoms with Crippen LogP contribution < -0.4 is 5.73 Å². The lowest BCUT2D eigenvalue weighted by atomic mass is 9.95. The van der Waals surface area contributed by atoms with Gasteiger partial charge in [0.25, 0.3) is 0 Å². The normalized spacial score (nSPS) is 12.9. The molecule has 0 fully saturated rings. The van der Waals surface area contributed by atoms with Crippen LogP contribution in [0.4, 0.5) is 0 Å². The fourth-order valence-corrected chi connectivity index (χ4v) is 1.95. The molecule has 0 radical (unpaired) electrons. The first-order valence-electron chi connectivity index (χ1n) is 5.58. The molecule has 2 rings (SSSR count). The molecule has 1 unspecified atom stereocenters. The van der Waals surface area contributed by atoms with E-state index in [9.17, 15) is 4.79 Å². The molecule has 3 nitrogen and oxygen atoms in total. The number of hydrogen-bond donors (Lipinski definition) is 2. The van der Waals surface area contributed by atoms with Crippen LogP contribution in [0, 0.1) is 5.92 Å². The van der Waals surface area contributed by atoms with E-state index < -0.39 is 0 Å². The summed E-state index contributed by atoms with van der Waals surface area (Å²) in [6.45, 7) is 2.40. The minimum Gasteiger partial charge on any atom is -0.360 e. The van der Waals surface area contributed by atoms with Crippen LogP contribution >= 0.6 is 0 Å². The van der Waals surface area contributed by atoms with Gasteiger partial charge in [-0.2, -0.15) is 0 Å². The number of nitrogens with one attached hydrogen (secondary N) is 1. The fourth-order valence-electron chi connectivity index (χ4n) is 1.95. The van der Waals surface area contributed by atoms with Crippen molar-refractivity contribution in [1.29, 1.82) is 0 Å². The first-order valence-corrected chi connectivity index (χ1v) is 5.58. The number of nitrogens with two attached hydrogens (primary N) is 1. The topological polar surface area (TPSA) is 58.9 Å². The van der Waals surface area contributed by atoms with Crippen molar-refractivity contribution < 1.29 is 4.79 Å². The molecule has 1 aromatic heterocycles. The predicted molar refractivity (Wildman–Crippen MR) is 65.5 cm³/mol. The van der Waals surface area contributed by atoms with Gasteiger partial charge in [-0.15, -0.1) is 0 Å². The summed E-state index contributed by atoms with van der Waals surface area (Å²) in [6, 6.07) is 7.82. The van der Waals surface area contributed by atoms with E-state index in [4.69, 9.17) is 5.73 Å². The van der Waals surface area contributed by atoms with E-state index in [1.165, 1.54) is 0 Å². The van der Waals surface area contributed by atoms with E-state index in [1.807, 2.05) is 31.2 Å². The maximum Gasteiger partial charge on any atom is 0.169 e. The van der Waals surface area contributed by atoms with Crippen molar-refractivity contribution in [3.05, 3.63) is 36.0 Å². The fraction of sp³-hybridized carbons (Fsp3) is 0.308. The van der Waals surface area contributed by atoms with Crippen LogP contribution in [-0.4, -0.2) is 17.3 Å². The van der Waals surface area contributed by atoms with Gasteiger partial charge in [0.05, 0.1) is 0 Å². The third-order valence-electron chi connectivity index (χ3n) is 3.00. The van der Waals surface area contributed by atoms with E-state index >= 15 is 0 Å². The van der Waals surface area contributed by atoms with Gasteiger partial charge in [0.1, 0.15) is 0 Å². The molecule has 84 valence electrons. The highest BCUT2D eigenvalue weighted by molar-refractivity contribution is 6.08. The average molecular weight is 216 g/mol. The zero-order valence-electron chi connectivity index (χ0n) is 9.36. The highest BCUT2D eigenvalue weighted by Crippen LogP contribution is 2.21. The number of Topliss-reactive ketones (excluding diaryl/α,β-unsaturated/α-hetero) is 1. The van der Waals surface area contributed by atoms with Gasteiger partial charge in [-0.3, -0.25) is 4.79 Å². The lowest BCUT2D eigenvalue weighted by Crippen LogP contribution is -2.22. The zero-order chi connectivity index (χ0) is 11.5. The van der Waals surface area contributed by atoms with Crippen LogP contribution in [-0.2, 0) is 0 Å². The Balaban J connectivity index is 2.43. The third kappa shape index (κ3) is 1.74. The molecule has 0 amide bonds. The number of ketones is 1. The summed E-state index contributed by atoms with van der Waals surface area (Å²) in [5.74, 6) is 0.0710. The summed E-state index contributed by atoms with van der Waals surface area (Å²) >= 11 is 0. The number of carbonyl (C=O) groups excluding carboxylic acids is 1. The van der Waals surface area contributed by atoms with Crippen molar-refractivity contribution in [2.24, 2.45) is 11.7 Å². The monoisotopic (exact) mass is 216 g/mol. The Morgan fingerprint density at radius 1 is 1.44 bits per heavy atom. The maximum atomic E-state index is 12.2. The summed E-state index contributed by atoms with van der Waals surface area (Å²) < 4.78 is 0. The van der Waals surface area contributed by atoms with Gasteiger partial charge in [-0.05, 0) is 12.5 Å². The summed E-state index contributed by atoms with van der Waals surface area (Å²) in [4.78, 5) is 15.3. The van der Waals surface area contributed by atoms with Crippen LogP contribution in [0.5, 0.6) is 0 Å². The van der Waals surface area contributed by atoms with Gasteiger partial charge in [0.15, 0.2) is 5.78 Å². The number of fused-ring (bicyclic) bond motifs is 1. The van der Waals surface area contributed by atoms with E-state index in [-0.39, 0.29) is 11.7 Å². The molecule has 1 atom stereocenters. The zero-order valence-corrected chi connectivity index (χ0v) is 9.36. The van der Waals surface area contributed by atoms with Crippen molar-refractivity contribution >= 4 is 16.7 Å². The summed E-state index contributed by atoms with van der Waals surface area (Å²) in [7, 11) is 0. The molecule has 0 bridgehead atoms. The molecule has 0 saturated carbocycles. The van der Waals surface area contributed by atoms with Crippen LogP contribution in [0.2, 0.25) is 0 Å². The molecule has 1 aromatic carbocycles. The number of carbonyl (C=O) groups is 1. The quantitative estimate of drug-likeness (QED) is 0.771. The molecular weight excluding hydrogens is 200 g/mol. The molecule has 0 aliphatic heterocycles. The third-order valence-corrected chi connectivity index (χ3v) is 3.00.